The monoisotopic (exact) mass is 399 g/mol. The molecule has 2 unspecified atom stereocenters. The van der Waals surface area contributed by atoms with Gasteiger partial charge in [-0.1, -0.05) is 12.1 Å². The fourth-order valence-electron chi connectivity index (χ4n) is 4.02. The van der Waals surface area contributed by atoms with E-state index in [1.807, 2.05) is 0 Å². The number of benzene rings is 1. The molecule has 0 radical (unpaired) electrons. The largest absolute Gasteiger partial charge is 0.347 e. The number of likely N-dealkylation sites (tertiary alicyclic amines) is 1. The molecule has 152 valence electrons. The minimum atomic E-state index is -1.34. The number of nitrogens with one attached hydrogen (secondary N) is 2. The Labute approximate surface area is 167 Å². The Morgan fingerprint density at radius 1 is 1.28 bits per heavy atom. The van der Waals surface area contributed by atoms with Gasteiger partial charge in [0.05, 0.1) is 6.04 Å². The van der Waals surface area contributed by atoms with Crippen LogP contribution in [0.25, 0.3) is 0 Å². The van der Waals surface area contributed by atoms with E-state index in [0.29, 0.717) is 17.9 Å². The van der Waals surface area contributed by atoms with Crippen molar-refractivity contribution in [3.8, 4) is 0 Å². The minimum absolute atomic E-state index is 0.199. The number of imidazole rings is 1. The molecule has 2 N–H and O–H groups in total. The minimum Gasteiger partial charge on any atom is -0.347 e. The maximum atomic E-state index is 13.2. The van der Waals surface area contributed by atoms with Gasteiger partial charge >= 0.3 is 6.03 Å². The lowest BCUT2D eigenvalue weighted by Crippen LogP contribution is -2.47. The number of amides is 4. The second kappa shape index (κ2) is 7.31. The number of piperidine rings is 1. The van der Waals surface area contributed by atoms with E-state index < -0.39 is 23.3 Å². The summed E-state index contributed by atoms with van der Waals surface area (Å²) in [5.41, 5.74) is -0.883. The summed E-state index contributed by atoms with van der Waals surface area (Å²) >= 11 is 0. The molecule has 1 aromatic carbocycles. The van der Waals surface area contributed by atoms with E-state index in [4.69, 9.17) is 0 Å². The van der Waals surface area contributed by atoms with E-state index >= 15 is 0 Å². The molecule has 8 nitrogen and oxygen atoms in total. The highest BCUT2D eigenvalue weighted by Crippen LogP contribution is 2.31. The van der Waals surface area contributed by atoms with Crippen LogP contribution in [0.15, 0.2) is 36.7 Å². The lowest BCUT2D eigenvalue weighted by Gasteiger charge is -2.35. The van der Waals surface area contributed by atoms with E-state index in [1.165, 1.54) is 24.3 Å². The number of hydrogen-bond donors (Lipinski definition) is 2. The van der Waals surface area contributed by atoms with Crippen LogP contribution in [0.4, 0.5) is 9.18 Å². The normalized spacial score (nSPS) is 24.7. The standard InChI is InChI=1S/C20H22FN5O3/c1-20(13-5-7-14(21)8-6-13)18(28)26(19(29)24-20)12-16(27)25-11-3-2-4-15(25)17-22-9-10-23-17/h5-10,15H,2-4,11-12H2,1H3,(H,22,23)(H,24,29). The molecule has 2 aliphatic rings. The molecule has 4 rings (SSSR count). The van der Waals surface area contributed by atoms with Crippen molar-refractivity contribution in [3.63, 3.8) is 0 Å². The van der Waals surface area contributed by atoms with Crippen LogP contribution in [-0.4, -0.2) is 50.7 Å². The molecule has 0 bridgehead atoms. The van der Waals surface area contributed by atoms with Gasteiger partial charge < -0.3 is 15.2 Å². The third-order valence-electron chi connectivity index (χ3n) is 5.65. The first kappa shape index (κ1) is 19.1. The zero-order valence-electron chi connectivity index (χ0n) is 16.0. The second-order valence-corrected chi connectivity index (χ2v) is 7.53. The Morgan fingerprint density at radius 3 is 2.72 bits per heavy atom. The first-order valence-corrected chi connectivity index (χ1v) is 9.59. The number of carbonyl (C=O) groups excluding carboxylic acids is 3. The zero-order chi connectivity index (χ0) is 20.6. The molecule has 2 aliphatic heterocycles. The quantitative estimate of drug-likeness (QED) is 0.769. The van der Waals surface area contributed by atoms with Crippen molar-refractivity contribution in [2.75, 3.05) is 13.1 Å². The van der Waals surface area contributed by atoms with Crippen molar-refractivity contribution in [1.82, 2.24) is 25.1 Å². The van der Waals surface area contributed by atoms with Crippen LogP contribution in [0.1, 0.15) is 43.6 Å². The van der Waals surface area contributed by atoms with Crippen LogP contribution in [0.2, 0.25) is 0 Å². The molecule has 2 aromatic rings. The molecule has 9 heteroatoms. The molecular weight excluding hydrogens is 377 g/mol. The van der Waals surface area contributed by atoms with Crippen molar-refractivity contribution in [3.05, 3.63) is 53.9 Å². The Kier molecular flexibility index (Phi) is 4.81. The third-order valence-corrected chi connectivity index (χ3v) is 5.65. The van der Waals surface area contributed by atoms with Crippen LogP contribution in [0.3, 0.4) is 0 Å². The van der Waals surface area contributed by atoms with E-state index in [-0.39, 0.29) is 18.5 Å². The van der Waals surface area contributed by atoms with Gasteiger partial charge in [0.2, 0.25) is 5.91 Å². The lowest BCUT2D eigenvalue weighted by atomic mass is 9.92. The number of halogens is 1. The van der Waals surface area contributed by atoms with E-state index in [0.717, 1.165) is 24.2 Å². The molecular formula is C20H22FN5O3. The van der Waals surface area contributed by atoms with Crippen molar-refractivity contribution in [2.24, 2.45) is 0 Å². The number of urea groups is 1. The first-order valence-electron chi connectivity index (χ1n) is 9.59. The molecule has 2 saturated heterocycles. The van der Waals surface area contributed by atoms with Crippen LogP contribution < -0.4 is 5.32 Å². The summed E-state index contributed by atoms with van der Waals surface area (Å²) in [6.45, 7) is 1.75. The van der Waals surface area contributed by atoms with Gasteiger partial charge in [-0.15, -0.1) is 0 Å². The van der Waals surface area contributed by atoms with E-state index in [1.54, 1.807) is 24.2 Å². The van der Waals surface area contributed by atoms with Crippen LogP contribution in [0, 0.1) is 5.82 Å². The molecule has 2 fully saturated rings. The van der Waals surface area contributed by atoms with Gasteiger partial charge in [-0.25, -0.2) is 14.2 Å². The van der Waals surface area contributed by atoms with Crippen molar-refractivity contribution < 1.29 is 18.8 Å². The Morgan fingerprint density at radius 2 is 2.03 bits per heavy atom. The molecule has 1 aromatic heterocycles. The van der Waals surface area contributed by atoms with E-state index in [9.17, 15) is 18.8 Å². The van der Waals surface area contributed by atoms with E-state index in [2.05, 4.69) is 15.3 Å². The number of H-pyrrole nitrogens is 1. The maximum Gasteiger partial charge on any atom is 0.325 e. The molecule has 3 heterocycles. The predicted molar refractivity (Wildman–Crippen MR) is 101 cm³/mol. The molecule has 0 spiro atoms. The topological polar surface area (TPSA) is 98.4 Å². The van der Waals surface area contributed by atoms with Crippen LogP contribution >= 0.6 is 0 Å². The summed E-state index contributed by atoms with van der Waals surface area (Å²) in [5, 5.41) is 2.64. The van der Waals surface area contributed by atoms with Gasteiger partial charge in [0.15, 0.2) is 0 Å². The molecule has 0 saturated carbocycles. The highest BCUT2D eigenvalue weighted by atomic mass is 19.1. The number of aromatic amines is 1. The van der Waals surface area contributed by atoms with Crippen molar-refractivity contribution in [1.29, 1.82) is 0 Å². The summed E-state index contributed by atoms with van der Waals surface area (Å²) < 4.78 is 13.2. The number of carbonyl (C=O) groups is 3. The van der Waals surface area contributed by atoms with Crippen LogP contribution in [0.5, 0.6) is 0 Å². The number of imide groups is 1. The molecule has 2 atom stereocenters. The van der Waals surface area contributed by atoms with Crippen molar-refractivity contribution >= 4 is 17.8 Å². The summed E-state index contributed by atoms with van der Waals surface area (Å²) in [5.74, 6) is -0.575. The second-order valence-electron chi connectivity index (χ2n) is 7.53. The molecule has 29 heavy (non-hydrogen) atoms. The molecule has 0 aliphatic carbocycles. The summed E-state index contributed by atoms with van der Waals surface area (Å²) in [6, 6.07) is 4.54. The lowest BCUT2D eigenvalue weighted by molar-refractivity contribution is -0.141. The van der Waals surface area contributed by atoms with Crippen LogP contribution in [-0.2, 0) is 15.1 Å². The maximum absolute atomic E-state index is 13.2. The summed E-state index contributed by atoms with van der Waals surface area (Å²) in [4.78, 5) is 48.4. The van der Waals surface area contributed by atoms with Gasteiger partial charge in [-0.3, -0.25) is 14.5 Å². The number of nitrogens with zero attached hydrogens (tertiary/aromatic N) is 3. The van der Waals surface area contributed by atoms with Gasteiger partial charge in [0.25, 0.3) is 5.91 Å². The Bertz CT molecular complexity index is 930. The Balaban J connectivity index is 1.52. The summed E-state index contributed by atoms with van der Waals surface area (Å²) in [6.07, 6.45) is 5.94. The number of aromatic nitrogens is 2. The highest BCUT2D eigenvalue weighted by molar-refractivity contribution is 6.09. The zero-order valence-corrected chi connectivity index (χ0v) is 16.0. The predicted octanol–water partition coefficient (Wildman–Crippen LogP) is 2.07. The van der Waals surface area contributed by atoms with Gasteiger partial charge in [0, 0.05) is 18.9 Å². The third kappa shape index (κ3) is 3.37. The average molecular weight is 399 g/mol. The molecule has 4 amide bonds. The average Bonchev–Trinajstić information content (AvgIpc) is 3.32. The van der Waals surface area contributed by atoms with Gasteiger partial charge in [-0.2, -0.15) is 0 Å². The number of hydrogen-bond acceptors (Lipinski definition) is 4. The fraction of sp³-hybridized carbons (Fsp3) is 0.400. The first-order chi connectivity index (χ1) is 13.9. The SMILES string of the molecule is CC1(c2ccc(F)cc2)NC(=O)N(CC(=O)N2CCCCC2c2ncc[nH]2)C1=O. The number of rotatable bonds is 4. The highest BCUT2D eigenvalue weighted by Gasteiger charge is 2.50. The van der Waals surface area contributed by atoms with Gasteiger partial charge in [-0.05, 0) is 43.9 Å². The fourth-order valence-corrected chi connectivity index (χ4v) is 4.02. The van der Waals surface area contributed by atoms with Gasteiger partial charge in [0.1, 0.15) is 23.7 Å². The van der Waals surface area contributed by atoms with Crippen molar-refractivity contribution in [2.45, 2.75) is 37.8 Å². The Hall–Kier alpha value is -3.23. The smallest absolute Gasteiger partial charge is 0.325 e. The summed E-state index contributed by atoms with van der Waals surface area (Å²) in [7, 11) is 0.